The number of nitrogens with one attached hydrogen (secondary N) is 1. The number of hydrogen-bond donors (Lipinski definition) is 1. The molecule has 1 N–H and O–H groups in total. The lowest BCUT2D eigenvalue weighted by molar-refractivity contribution is -0.129. The topological polar surface area (TPSA) is 84.9 Å². The van der Waals surface area contributed by atoms with Crippen molar-refractivity contribution >= 4 is 34.9 Å². The molecule has 0 radical (unpaired) electrons. The summed E-state index contributed by atoms with van der Waals surface area (Å²) in [6.45, 7) is 0.0121. The minimum absolute atomic E-state index is 0.248. The summed E-state index contributed by atoms with van der Waals surface area (Å²) in [4.78, 5) is 38.2. The molecule has 1 aliphatic heterocycles. The Labute approximate surface area is 172 Å². The number of hydrogen-bond acceptors (Lipinski definition) is 6. The molecule has 0 saturated carbocycles. The minimum atomic E-state index is -0.496. The van der Waals surface area contributed by atoms with E-state index in [1.54, 1.807) is 24.3 Å². The Morgan fingerprint density at radius 3 is 2.48 bits per heavy atom. The summed E-state index contributed by atoms with van der Waals surface area (Å²) in [6.07, 6.45) is 1.59. The van der Waals surface area contributed by atoms with Crippen LogP contribution in [0.15, 0.2) is 53.4 Å². The van der Waals surface area contributed by atoms with Crippen LogP contribution in [-0.4, -0.2) is 42.7 Å². The molecule has 3 amide bonds. The second-order valence-electron chi connectivity index (χ2n) is 6.14. The molecular weight excluding hydrogens is 392 g/mol. The average Bonchev–Trinajstić information content (AvgIpc) is 3.00. The van der Waals surface area contributed by atoms with Crippen molar-refractivity contribution in [1.29, 1.82) is 0 Å². The van der Waals surface area contributed by atoms with Gasteiger partial charge in [-0.25, -0.2) is 0 Å². The number of ether oxygens (including phenoxy) is 2. The molecule has 150 valence electrons. The van der Waals surface area contributed by atoms with Gasteiger partial charge in [-0.1, -0.05) is 36.4 Å². The van der Waals surface area contributed by atoms with E-state index in [1.807, 2.05) is 30.3 Å². The number of methoxy groups -OCH3 is 2. The van der Waals surface area contributed by atoms with Crippen molar-refractivity contribution in [1.82, 2.24) is 10.2 Å². The molecule has 1 heterocycles. The zero-order valence-electron chi connectivity index (χ0n) is 16.0. The number of carbonyl (C=O) groups is 3. The number of rotatable bonds is 7. The molecule has 0 bridgehead atoms. The van der Waals surface area contributed by atoms with Crippen molar-refractivity contribution in [3.63, 3.8) is 0 Å². The Kier molecular flexibility index (Phi) is 6.56. The molecule has 0 aromatic heterocycles. The quantitative estimate of drug-likeness (QED) is 0.704. The third kappa shape index (κ3) is 4.97. The number of carbonyl (C=O) groups excluding carboxylic acids is 3. The van der Waals surface area contributed by atoms with Crippen LogP contribution in [0.3, 0.4) is 0 Å². The van der Waals surface area contributed by atoms with E-state index in [-0.39, 0.29) is 11.4 Å². The van der Waals surface area contributed by atoms with Gasteiger partial charge in [-0.15, -0.1) is 0 Å². The first-order valence-corrected chi connectivity index (χ1v) is 9.61. The normalized spacial score (nSPS) is 15.0. The molecule has 29 heavy (non-hydrogen) atoms. The predicted molar refractivity (Wildman–Crippen MR) is 111 cm³/mol. The van der Waals surface area contributed by atoms with Crippen LogP contribution in [-0.2, 0) is 16.1 Å². The van der Waals surface area contributed by atoms with Crippen LogP contribution in [0.2, 0.25) is 0 Å². The summed E-state index contributed by atoms with van der Waals surface area (Å²) in [5.74, 6) is 0.182. The lowest BCUT2D eigenvalue weighted by Crippen LogP contribution is -2.39. The lowest BCUT2D eigenvalue weighted by Gasteiger charge is -2.12. The Hall–Kier alpha value is -3.26. The van der Waals surface area contributed by atoms with Gasteiger partial charge in [-0.05, 0) is 41.1 Å². The number of imide groups is 1. The maximum Gasteiger partial charge on any atom is 0.294 e. The molecule has 2 aromatic rings. The molecule has 2 aromatic carbocycles. The average molecular weight is 412 g/mol. The van der Waals surface area contributed by atoms with Crippen molar-refractivity contribution in [2.45, 2.75) is 6.54 Å². The van der Waals surface area contributed by atoms with Gasteiger partial charge in [0.15, 0.2) is 11.5 Å². The number of benzene rings is 2. The first-order chi connectivity index (χ1) is 14.0. The summed E-state index contributed by atoms with van der Waals surface area (Å²) in [5.41, 5.74) is 1.62. The number of thioether (sulfide) groups is 1. The van der Waals surface area contributed by atoms with Gasteiger partial charge in [0.1, 0.15) is 6.54 Å². The summed E-state index contributed by atoms with van der Waals surface area (Å²) < 4.78 is 10.4. The molecule has 0 unspecified atom stereocenters. The van der Waals surface area contributed by atoms with Gasteiger partial charge in [-0.3, -0.25) is 19.3 Å². The number of amides is 3. The van der Waals surface area contributed by atoms with Crippen molar-refractivity contribution < 1.29 is 23.9 Å². The van der Waals surface area contributed by atoms with E-state index in [9.17, 15) is 14.4 Å². The Bertz CT molecular complexity index is 959. The molecule has 3 rings (SSSR count). The van der Waals surface area contributed by atoms with E-state index in [1.165, 1.54) is 14.2 Å². The zero-order chi connectivity index (χ0) is 20.8. The molecular formula is C21H20N2O5S. The largest absolute Gasteiger partial charge is 0.493 e. The fourth-order valence-electron chi connectivity index (χ4n) is 2.73. The van der Waals surface area contributed by atoms with E-state index in [0.717, 1.165) is 22.2 Å². The molecule has 1 aliphatic rings. The summed E-state index contributed by atoms with van der Waals surface area (Å²) in [5, 5.41) is 2.24. The van der Waals surface area contributed by atoms with Crippen molar-refractivity contribution in [3.05, 3.63) is 64.6 Å². The maximum atomic E-state index is 12.6. The number of nitrogens with zero attached hydrogens (tertiary/aromatic N) is 1. The van der Waals surface area contributed by atoms with Gasteiger partial charge in [-0.2, -0.15) is 0 Å². The van der Waals surface area contributed by atoms with Crippen LogP contribution in [0.1, 0.15) is 11.1 Å². The maximum absolute atomic E-state index is 12.6. The van der Waals surface area contributed by atoms with Gasteiger partial charge in [0.2, 0.25) is 5.91 Å². The Morgan fingerprint density at radius 2 is 1.79 bits per heavy atom. The van der Waals surface area contributed by atoms with Crippen LogP contribution in [0, 0.1) is 0 Å². The van der Waals surface area contributed by atoms with Crippen molar-refractivity contribution in [3.8, 4) is 11.5 Å². The van der Waals surface area contributed by atoms with Crippen molar-refractivity contribution in [2.24, 2.45) is 0 Å². The van der Waals surface area contributed by atoms with E-state index in [0.29, 0.717) is 23.6 Å². The van der Waals surface area contributed by atoms with Gasteiger partial charge in [0, 0.05) is 6.54 Å². The predicted octanol–water partition coefficient (Wildman–Crippen LogP) is 3.06. The summed E-state index contributed by atoms with van der Waals surface area (Å²) >= 11 is 0.803. The summed E-state index contributed by atoms with van der Waals surface area (Å²) in [6, 6.07) is 14.6. The molecule has 0 atom stereocenters. The summed E-state index contributed by atoms with van der Waals surface area (Å²) in [7, 11) is 3.05. The molecule has 1 saturated heterocycles. The van der Waals surface area contributed by atoms with Crippen LogP contribution < -0.4 is 14.8 Å². The first kappa shape index (κ1) is 20.5. The van der Waals surface area contributed by atoms with Crippen LogP contribution >= 0.6 is 11.8 Å². The van der Waals surface area contributed by atoms with E-state index >= 15 is 0 Å². The highest BCUT2D eigenvalue weighted by Gasteiger charge is 2.36. The molecule has 0 aliphatic carbocycles. The van der Waals surface area contributed by atoms with Crippen LogP contribution in [0.25, 0.3) is 6.08 Å². The van der Waals surface area contributed by atoms with Gasteiger partial charge >= 0.3 is 0 Å². The highest BCUT2D eigenvalue weighted by atomic mass is 32.2. The standard InChI is InChI=1S/C21H20N2O5S/c1-27-16-9-8-15(10-17(16)28-2)11-18-20(25)23(21(26)29-18)13-19(24)22-12-14-6-4-3-5-7-14/h3-11H,12-13H2,1-2H3,(H,22,24)/b18-11-. The Morgan fingerprint density at radius 1 is 1.07 bits per heavy atom. The highest BCUT2D eigenvalue weighted by molar-refractivity contribution is 8.18. The second kappa shape index (κ2) is 9.29. The third-order valence-electron chi connectivity index (χ3n) is 4.21. The molecule has 7 nitrogen and oxygen atoms in total. The zero-order valence-corrected chi connectivity index (χ0v) is 16.8. The molecule has 0 spiro atoms. The van der Waals surface area contributed by atoms with Gasteiger partial charge in [0.25, 0.3) is 11.1 Å². The van der Waals surface area contributed by atoms with Crippen LogP contribution in [0.5, 0.6) is 11.5 Å². The fraction of sp³-hybridized carbons (Fsp3) is 0.190. The van der Waals surface area contributed by atoms with Crippen LogP contribution in [0.4, 0.5) is 4.79 Å². The fourth-order valence-corrected chi connectivity index (χ4v) is 3.56. The van der Waals surface area contributed by atoms with Gasteiger partial charge < -0.3 is 14.8 Å². The molecule has 1 fully saturated rings. The minimum Gasteiger partial charge on any atom is -0.493 e. The second-order valence-corrected chi connectivity index (χ2v) is 7.14. The van der Waals surface area contributed by atoms with E-state index < -0.39 is 17.1 Å². The Balaban J connectivity index is 1.66. The van der Waals surface area contributed by atoms with Crippen molar-refractivity contribution in [2.75, 3.05) is 20.8 Å². The third-order valence-corrected chi connectivity index (χ3v) is 5.12. The first-order valence-electron chi connectivity index (χ1n) is 8.80. The highest BCUT2D eigenvalue weighted by Crippen LogP contribution is 2.34. The lowest BCUT2D eigenvalue weighted by atomic mass is 10.2. The van der Waals surface area contributed by atoms with E-state index in [4.69, 9.17) is 9.47 Å². The SMILES string of the molecule is COc1ccc(/C=C2\SC(=O)N(CC(=O)NCc3ccccc3)C2=O)cc1OC. The smallest absolute Gasteiger partial charge is 0.294 e. The monoisotopic (exact) mass is 412 g/mol. The van der Waals surface area contributed by atoms with E-state index in [2.05, 4.69) is 5.32 Å². The van der Waals surface area contributed by atoms with Gasteiger partial charge in [0.05, 0.1) is 19.1 Å². The molecule has 8 heteroatoms.